The van der Waals surface area contributed by atoms with Crippen molar-refractivity contribution < 1.29 is 27.8 Å². The number of allylic oxidation sites excluding steroid dienone is 1. The average molecular weight is 805 g/mol. The summed E-state index contributed by atoms with van der Waals surface area (Å²) in [5.41, 5.74) is 7.46. The van der Waals surface area contributed by atoms with Crippen molar-refractivity contribution in [3.05, 3.63) is 41.0 Å². The molecule has 1 aromatic rings. The smallest absolute Gasteiger partial charge is 0.200 e. The molecule has 8 atom stereocenters. The molecule has 2 rings (SSSR count). The fraction of sp³-hybridized carbons (Fsp3) is 0.830. The van der Waals surface area contributed by atoms with Crippen LogP contribution >= 0.6 is 0 Å². The molecule has 0 saturated heterocycles. The van der Waals surface area contributed by atoms with E-state index in [-0.39, 0.29) is 36.9 Å². The molecule has 0 amide bonds. The normalized spacial score (nSPS) is 22.3. The van der Waals surface area contributed by atoms with E-state index in [9.17, 15) is 0 Å². The van der Waals surface area contributed by atoms with E-state index in [0.717, 1.165) is 24.2 Å². The van der Waals surface area contributed by atoms with Gasteiger partial charge in [0.1, 0.15) is 12.5 Å². The number of methoxy groups -OCH3 is 2. The van der Waals surface area contributed by atoms with Crippen LogP contribution in [0.25, 0.3) is 0 Å². The van der Waals surface area contributed by atoms with Crippen LogP contribution in [0, 0.1) is 29.6 Å². The Morgan fingerprint density at radius 1 is 0.691 bits per heavy atom. The van der Waals surface area contributed by atoms with Gasteiger partial charge >= 0.3 is 0 Å². The second kappa shape index (κ2) is 22.4. The summed E-state index contributed by atoms with van der Waals surface area (Å²) in [6, 6.07) is 8.11. The monoisotopic (exact) mass is 805 g/mol. The third-order valence-corrected chi connectivity index (χ3v) is 26.0. The van der Waals surface area contributed by atoms with Crippen LogP contribution in [0.5, 0.6) is 5.75 Å². The molecule has 1 aromatic carbocycles. The maximum Gasteiger partial charge on any atom is 0.200 e. The zero-order valence-electron chi connectivity index (χ0n) is 39.4. The number of rotatable bonds is 24. The molecule has 0 heterocycles. The van der Waals surface area contributed by atoms with Crippen LogP contribution in [-0.2, 0) is 29.7 Å². The number of benzene rings is 1. The van der Waals surface area contributed by atoms with E-state index in [1.54, 1.807) is 19.8 Å². The first kappa shape index (κ1) is 50.1. The van der Waals surface area contributed by atoms with Crippen molar-refractivity contribution in [2.75, 3.05) is 27.6 Å². The zero-order chi connectivity index (χ0) is 42.0. The van der Waals surface area contributed by atoms with Gasteiger partial charge in [0.2, 0.25) is 16.6 Å². The van der Waals surface area contributed by atoms with E-state index >= 15 is 0 Å². The Morgan fingerprint density at radius 3 is 1.65 bits per heavy atom. The molecule has 0 unspecified atom stereocenters. The van der Waals surface area contributed by atoms with Crippen molar-refractivity contribution in [1.29, 1.82) is 0 Å². The molecule has 0 bridgehead atoms. The second-order valence-electron chi connectivity index (χ2n) is 19.5. The van der Waals surface area contributed by atoms with Gasteiger partial charge in [0, 0.05) is 24.9 Å². The Morgan fingerprint density at radius 2 is 1.20 bits per heavy atom. The van der Waals surface area contributed by atoms with Gasteiger partial charge in [-0.2, -0.15) is 0 Å². The summed E-state index contributed by atoms with van der Waals surface area (Å²) < 4.78 is 39.3. The average Bonchev–Trinajstić information content (AvgIpc) is 3.38. The zero-order valence-corrected chi connectivity index (χ0v) is 41.4. The van der Waals surface area contributed by atoms with Crippen LogP contribution < -0.4 is 4.74 Å². The molecule has 1 saturated carbocycles. The van der Waals surface area contributed by atoms with Crippen LogP contribution in [0.3, 0.4) is 0 Å². The van der Waals surface area contributed by atoms with Crippen LogP contribution in [0.1, 0.15) is 143 Å². The van der Waals surface area contributed by atoms with Crippen molar-refractivity contribution in [3.63, 3.8) is 0 Å². The molecule has 0 radical (unpaired) electrons. The largest absolute Gasteiger partial charge is 0.497 e. The lowest BCUT2D eigenvalue weighted by Gasteiger charge is -2.48. The fourth-order valence-corrected chi connectivity index (χ4v) is 22.7. The molecule has 0 spiro atoms. The van der Waals surface area contributed by atoms with Crippen molar-refractivity contribution >= 4 is 16.6 Å². The summed E-state index contributed by atoms with van der Waals surface area (Å²) in [5.74, 6) is 2.33. The lowest BCUT2D eigenvalue weighted by atomic mass is 9.81. The van der Waals surface area contributed by atoms with E-state index in [2.05, 4.69) is 137 Å². The van der Waals surface area contributed by atoms with Crippen molar-refractivity contribution in [2.24, 2.45) is 29.6 Å². The highest BCUT2D eigenvalue weighted by atomic mass is 28.4. The van der Waals surface area contributed by atoms with E-state index in [4.69, 9.17) is 27.8 Å². The standard InChI is InChI=1S/C47H88O6Si2/c1-30(2)54(31(3)4,32(5)6)52-46-38(15)26-44(40(46)17)36(13)25-37(14)47(53-55(33(7)8,34(9)10)35(11)12)41(18)45(51-29-48-19)39(16)27-50-28-42-21-23-43(49-20)24-22-42/h21-24,30-35,37-41,45-47H,25-29H2,1-20H3/b44-36+/t37-,38-,39-,40-,41-,45-,46-,47+/m0/s1. The quantitative estimate of drug-likeness (QED) is 0.0589. The third kappa shape index (κ3) is 12.0. The van der Waals surface area contributed by atoms with Crippen molar-refractivity contribution in [1.82, 2.24) is 0 Å². The van der Waals surface area contributed by atoms with Gasteiger partial charge in [-0.15, -0.1) is 0 Å². The fourth-order valence-electron chi connectivity index (χ4n) is 11.2. The van der Waals surface area contributed by atoms with Crippen LogP contribution in [-0.4, -0.2) is 62.6 Å². The van der Waals surface area contributed by atoms with Crippen LogP contribution in [0.2, 0.25) is 33.2 Å². The number of hydrogen-bond acceptors (Lipinski definition) is 6. The van der Waals surface area contributed by atoms with E-state index in [1.165, 1.54) is 5.57 Å². The Hall–Kier alpha value is -1.01. The minimum atomic E-state index is -2.24. The molecule has 1 aliphatic carbocycles. The summed E-state index contributed by atoms with van der Waals surface area (Å²) >= 11 is 0. The van der Waals surface area contributed by atoms with Gasteiger partial charge in [-0.25, -0.2) is 0 Å². The highest BCUT2D eigenvalue weighted by Crippen LogP contribution is 2.50. The summed E-state index contributed by atoms with van der Waals surface area (Å²) in [6.45, 7) is 44.6. The lowest BCUT2D eigenvalue weighted by Crippen LogP contribution is -2.54. The SMILES string of the molecule is COCO[C@H]([C@H](C)[C@H](O[Si](C(C)C)(C(C)C)C(C)C)[C@@H](C)C/C(C)=C1\C[C@H](C)[C@H](O[Si](C(C)C)(C(C)C)C(C)C)[C@H]1C)[C@@H](C)COCc1ccc(OC)cc1. The molecule has 55 heavy (non-hydrogen) atoms. The molecule has 6 nitrogen and oxygen atoms in total. The Balaban J connectivity index is 2.51. The van der Waals surface area contributed by atoms with Crippen molar-refractivity contribution in [2.45, 2.75) is 196 Å². The highest BCUT2D eigenvalue weighted by Gasteiger charge is 2.51. The molecule has 320 valence electrons. The Labute approximate surface area is 342 Å². The first-order chi connectivity index (χ1) is 25.6. The van der Waals surface area contributed by atoms with Gasteiger partial charge < -0.3 is 27.8 Å². The molecule has 0 N–H and O–H groups in total. The third-order valence-electron chi connectivity index (χ3n) is 13.8. The van der Waals surface area contributed by atoms with E-state index < -0.39 is 16.6 Å². The van der Waals surface area contributed by atoms with Crippen LogP contribution in [0.4, 0.5) is 0 Å². The highest BCUT2D eigenvalue weighted by molar-refractivity contribution is 6.78. The van der Waals surface area contributed by atoms with E-state index in [0.29, 0.717) is 64.2 Å². The van der Waals surface area contributed by atoms with Gasteiger partial charge in [-0.3, -0.25) is 0 Å². The van der Waals surface area contributed by atoms with Gasteiger partial charge in [0.05, 0.1) is 38.6 Å². The lowest BCUT2D eigenvalue weighted by molar-refractivity contribution is -0.137. The summed E-state index contributed by atoms with van der Waals surface area (Å²) in [7, 11) is -0.846. The molecule has 1 aliphatic rings. The Bertz CT molecular complexity index is 1230. The van der Waals surface area contributed by atoms with Gasteiger partial charge in [0.25, 0.3) is 0 Å². The predicted molar refractivity (Wildman–Crippen MR) is 239 cm³/mol. The molecule has 0 aliphatic heterocycles. The number of hydrogen-bond donors (Lipinski definition) is 0. The maximum absolute atomic E-state index is 7.85. The maximum atomic E-state index is 7.85. The molecule has 8 heteroatoms. The number of ether oxygens (including phenoxy) is 4. The molecular formula is C47H88O6Si2. The summed E-state index contributed by atoms with van der Waals surface area (Å²) in [4.78, 5) is 0. The molecule has 0 aromatic heterocycles. The minimum Gasteiger partial charge on any atom is -0.497 e. The van der Waals surface area contributed by atoms with Crippen LogP contribution in [0.15, 0.2) is 35.4 Å². The first-order valence-corrected chi connectivity index (χ1v) is 26.3. The second-order valence-corrected chi connectivity index (χ2v) is 30.3. The molecule has 1 fully saturated rings. The van der Waals surface area contributed by atoms with Gasteiger partial charge in [0.15, 0.2) is 0 Å². The minimum absolute atomic E-state index is 0.0179. The predicted octanol–water partition coefficient (Wildman–Crippen LogP) is 13.6. The van der Waals surface area contributed by atoms with E-state index in [1.807, 2.05) is 12.1 Å². The Kier molecular flexibility index (Phi) is 20.4. The molecular weight excluding hydrogens is 717 g/mol. The summed E-state index contributed by atoms with van der Waals surface area (Å²) in [6.07, 6.45) is 2.32. The summed E-state index contributed by atoms with van der Waals surface area (Å²) in [5, 5.41) is 0. The van der Waals surface area contributed by atoms with Gasteiger partial charge in [-0.05, 0) is 82.5 Å². The van der Waals surface area contributed by atoms with Crippen molar-refractivity contribution in [3.8, 4) is 5.75 Å². The van der Waals surface area contributed by atoms with Gasteiger partial charge in [-0.1, -0.05) is 141 Å². The topological polar surface area (TPSA) is 55.4 Å². The first-order valence-electron chi connectivity index (χ1n) is 22.0.